The molecule has 300 valence electrons. The van der Waals surface area contributed by atoms with E-state index < -0.39 is 5.97 Å². The van der Waals surface area contributed by atoms with Gasteiger partial charge < -0.3 is 10.0 Å². The van der Waals surface area contributed by atoms with Crippen molar-refractivity contribution >= 4 is 62.8 Å². The lowest BCUT2D eigenvalue weighted by Gasteiger charge is -2.26. The number of hydrogen-bond acceptors (Lipinski definition) is 7. The number of nitrogens with zero attached hydrogens (tertiary/aromatic N) is 4. The summed E-state index contributed by atoms with van der Waals surface area (Å²) < 4.78 is 0. The summed E-state index contributed by atoms with van der Waals surface area (Å²) in [5.41, 5.74) is 13.7. The Morgan fingerprint density at radius 2 is 1.03 bits per heavy atom. The molecule has 0 fully saturated rings. The van der Waals surface area contributed by atoms with Crippen molar-refractivity contribution in [3.05, 3.63) is 191 Å². The summed E-state index contributed by atoms with van der Waals surface area (Å²) in [5.74, 6) is -1.24. The van der Waals surface area contributed by atoms with Crippen LogP contribution in [0.4, 0.5) is 17.1 Å². The maximum absolute atomic E-state index is 11.5. The van der Waals surface area contributed by atoms with Gasteiger partial charge in [0.25, 0.3) is 0 Å². The van der Waals surface area contributed by atoms with E-state index in [1.54, 1.807) is 17.4 Å². The highest BCUT2D eigenvalue weighted by molar-refractivity contribution is 7.24. The fourth-order valence-electron chi connectivity index (χ4n) is 7.62. The number of nitriles is 1. The van der Waals surface area contributed by atoms with Gasteiger partial charge in [-0.3, -0.25) is 0 Å². The first kappa shape index (κ1) is 40.0. The molecule has 3 aromatic heterocycles. The van der Waals surface area contributed by atoms with Gasteiger partial charge in [0, 0.05) is 58.8 Å². The normalized spacial score (nSPS) is 11.4. The van der Waals surface area contributed by atoms with Crippen LogP contribution in [0.2, 0.25) is 0 Å². The second-order valence-electron chi connectivity index (χ2n) is 14.8. The zero-order valence-corrected chi connectivity index (χ0v) is 35.8. The Balaban J connectivity index is 1.19. The van der Waals surface area contributed by atoms with Crippen LogP contribution < -0.4 is 4.90 Å². The number of aryl methyl sites for hydroxylation is 2. The maximum atomic E-state index is 11.5. The third-order valence-corrected chi connectivity index (χ3v) is 13.3. The van der Waals surface area contributed by atoms with Gasteiger partial charge in [-0.05, 0) is 96.3 Å². The molecule has 0 saturated heterocycles. The van der Waals surface area contributed by atoms with Crippen LogP contribution in [-0.4, -0.2) is 21.0 Å². The van der Waals surface area contributed by atoms with Crippen LogP contribution in [0, 0.1) is 11.3 Å². The number of anilines is 3. The van der Waals surface area contributed by atoms with Crippen molar-refractivity contribution < 1.29 is 9.90 Å². The van der Waals surface area contributed by atoms with Gasteiger partial charge in [0.2, 0.25) is 0 Å². The number of carboxylic acid groups (broad SMARTS) is 1. The van der Waals surface area contributed by atoms with Gasteiger partial charge in [0.1, 0.15) is 11.6 Å². The van der Waals surface area contributed by atoms with Crippen LogP contribution in [0.15, 0.2) is 175 Å². The van der Waals surface area contributed by atoms with Crippen LogP contribution in [0.1, 0.15) is 29.9 Å². The van der Waals surface area contributed by atoms with E-state index in [2.05, 4.69) is 140 Å². The molecular weight excluding hydrogens is 801 g/mol. The lowest BCUT2D eigenvalue weighted by molar-refractivity contribution is -0.132. The molecule has 6 nitrogen and oxygen atoms in total. The number of benzene rings is 6. The minimum atomic E-state index is -1.24. The standard InChI is InChI=1S/C54H40N4O2S2/c1-3-35-15-21-41(22-16-35)58(42-23-17-36(4-2)18-24-42)43-25-19-37(20-26-43)45-28-29-46(47-31-32-49(62-47)48-30-27-44(61-48)33-40(34-55)54(59)60)53-52(45)56-50(38-11-7-5-8-12-38)51(57-53)39-13-9-6-10-14-39/h5-33H,3-4H2,1-2H3,(H,59,60)/b40-33-. The highest BCUT2D eigenvalue weighted by atomic mass is 32.1. The van der Waals surface area contributed by atoms with Crippen LogP contribution in [0.5, 0.6) is 0 Å². The van der Waals surface area contributed by atoms with E-state index in [0.717, 1.165) is 94.8 Å². The quantitative estimate of drug-likeness (QED) is 0.0973. The molecule has 9 rings (SSSR count). The Hall–Kier alpha value is -7.44. The Bertz CT molecular complexity index is 3060. The van der Waals surface area contributed by atoms with E-state index in [1.165, 1.54) is 28.5 Å². The van der Waals surface area contributed by atoms with Crippen LogP contribution in [-0.2, 0) is 17.6 Å². The average Bonchev–Trinajstić information content (AvgIpc) is 4.02. The molecule has 0 aliphatic rings. The fraction of sp³-hybridized carbons (Fsp3) is 0.0741. The summed E-state index contributed by atoms with van der Waals surface area (Å²) >= 11 is 3.09. The highest BCUT2D eigenvalue weighted by Crippen LogP contribution is 2.44. The average molecular weight is 841 g/mol. The molecule has 0 amide bonds. The smallest absolute Gasteiger partial charge is 0.346 e. The van der Waals surface area contributed by atoms with E-state index in [1.807, 2.05) is 48.5 Å². The first-order valence-electron chi connectivity index (χ1n) is 20.5. The summed E-state index contributed by atoms with van der Waals surface area (Å²) in [4.78, 5) is 28.6. The molecule has 6 aromatic carbocycles. The number of hydrogen-bond donors (Lipinski definition) is 1. The molecule has 0 radical (unpaired) electrons. The Morgan fingerprint density at radius 3 is 1.55 bits per heavy atom. The molecule has 0 spiro atoms. The zero-order chi connectivity index (χ0) is 42.6. The number of fused-ring (bicyclic) bond motifs is 1. The van der Waals surface area contributed by atoms with Gasteiger partial charge >= 0.3 is 5.97 Å². The van der Waals surface area contributed by atoms with Gasteiger partial charge in [0.15, 0.2) is 0 Å². The molecule has 9 aromatic rings. The van der Waals surface area contributed by atoms with E-state index in [9.17, 15) is 15.2 Å². The van der Waals surface area contributed by atoms with Crippen molar-refractivity contribution in [1.29, 1.82) is 5.26 Å². The number of carbonyl (C=O) groups is 1. The summed E-state index contributed by atoms with van der Waals surface area (Å²) in [7, 11) is 0. The number of aliphatic carboxylic acids is 1. The lowest BCUT2D eigenvalue weighted by Crippen LogP contribution is -2.10. The van der Waals surface area contributed by atoms with Gasteiger partial charge in [-0.25, -0.2) is 14.8 Å². The molecule has 3 heterocycles. The summed E-state index contributed by atoms with van der Waals surface area (Å²) in [6.07, 6.45) is 3.38. The zero-order valence-electron chi connectivity index (χ0n) is 34.1. The molecule has 0 atom stereocenters. The summed E-state index contributed by atoms with van der Waals surface area (Å²) in [6, 6.07) is 60.9. The van der Waals surface area contributed by atoms with Crippen molar-refractivity contribution in [2.24, 2.45) is 0 Å². The SMILES string of the molecule is CCc1ccc(N(c2ccc(CC)cc2)c2ccc(-c3ccc(-c4ccc(-c5ccc(/C=C(/C#N)C(=O)O)s5)s4)c4nc(-c5ccccc5)c(-c5ccccc5)nc34)cc2)cc1. The number of thiophene rings is 2. The predicted molar refractivity (Wildman–Crippen MR) is 257 cm³/mol. The van der Waals surface area contributed by atoms with Crippen LogP contribution in [0.3, 0.4) is 0 Å². The highest BCUT2D eigenvalue weighted by Gasteiger charge is 2.21. The summed E-state index contributed by atoms with van der Waals surface area (Å²) in [6.45, 7) is 4.36. The molecule has 8 heteroatoms. The molecule has 0 bridgehead atoms. The molecule has 0 unspecified atom stereocenters. The molecule has 0 aliphatic carbocycles. The van der Waals surface area contributed by atoms with Crippen molar-refractivity contribution in [3.8, 4) is 59.9 Å². The number of aromatic nitrogens is 2. The second kappa shape index (κ2) is 17.6. The molecule has 0 aliphatic heterocycles. The topological polar surface area (TPSA) is 90.1 Å². The lowest BCUT2D eigenvalue weighted by atomic mass is 9.97. The Labute approximate surface area is 369 Å². The maximum Gasteiger partial charge on any atom is 0.346 e. The Morgan fingerprint density at radius 1 is 0.565 bits per heavy atom. The third kappa shape index (κ3) is 8.07. The number of rotatable bonds is 12. The Kier molecular flexibility index (Phi) is 11.4. The van der Waals surface area contributed by atoms with Gasteiger partial charge in [0.05, 0.1) is 22.4 Å². The fourth-order valence-corrected chi connectivity index (χ4v) is 9.70. The van der Waals surface area contributed by atoms with E-state index in [4.69, 9.17) is 9.97 Å². The van der Waals surface area contributed by atoms with Crippen molar-refractivity contribution in [2.75, 3.05) is 4.90 Å². The van der Waals surface area contributed by atoms with E-state index in [-0.39, 0.29) is 5.57 Å². The van der Waals surface area contributed by atoms with Crippen molar-refractivity contribution in [1.82, 2.24) is 9.97 Å². The monoisotopic (exact) mass is 840 g/mol. The minimum absolute atomic E-state index is 0.296. The van der Waals surface area contributed by atoms with Crippen LogP contribution >= 0.6 is 22.7 Å². The largest absolute Gasteiger partial charge is 0.477 e. The second-order valence-corrected chi connectivity index (χ2v) is 17.0. The third-order valence-electron chi connectivity index (χ3n) is 10.9. The molecule has 1 N–H and O–H groups in total. The molecular formula is C54H40N4O2S2. The van der Waals surface area contributed by atoms with Gasteiger partial charge in [-0.1, -0.05) is 123 Å². The van der Waals surface area contributed by atoms with E-state index in [0.29, 0.717) is 4.88 Å². The predicted octanol–water partition coefficient (Wildman–Crippen LogP) is 14.7. The first-order chi connectivity index (χ1) is 30.4. The van der Waals surface area contributed by atoms with Gasteiger partial charge in [-0.15, -0.1) is 22.7 Å². The van der Waals surface area contributed by atoms with Crippen LogP contribution in [0.25, 0.3) is 70.9 Å². The number of carboxylic acids is 1. The molecule has 62 heavy (non-hydrogen) atoms. The first-order valence-corrected chi connectivity index (χ1v) is 22.1. The molecule has 0 saturated carbocycles. The van der Waals surface area contributed by atoms with Gasteiger partial charge in [-0.2, -0.15) is 5.26 Å². The minimum Gasteiger partial charge on any atom is -0.477 e. The van der Waals surface area contributed by atoms with Crippen molar-refractivity contribution in [2.45, 2.75) is 26.7 Å². The summed E-state index contributed by atoms with van der Waals surface area (Å²) in [5, 5.41) is 18.7. The van der Waals surface area contributed by atoms with Crippen molar-refractivity contribution in [3.63, 3.8) is 0 Å². The van der Waals surface area contributed by atoms with E-state index >= 15 is 0 Å².